The fourth-order valence-corrected chi connectivity index (χ4v) is 4.26. The van der Waals surface area contributed by atoms with E-state index in [-0.39, 0.29) is 25.9 Å². The lowest BCUT2D eigenvalue weighted by Crippen LogP contribution is -2.12. The summed E-state index contributed by atoms with van der Waals surface area (Å²) in [6.07, 6.45) is -3.09. The fourth-order valence-electron chi connectivity index (χ4n) is 2.90. The third kappa shape index (κ3) is 3.90. The number of halogens is 5. The highest BCUT2D eigenvalue weighted by Crippen LogP contribution is 2.37. The van der Waals surface area contributed by atoms with Crippen molar-refractivity contribution >= 4 is 56.5 Å². The third-order valence-electron chi connectivity index (χ3n) is 4.24. The van der Waals surface area contributed by atoms with Gasteiger partial charge in [0.15, 0.2) is 11.5 Å². The van der Waals surface area contributed by atoms with Crippen molar-refractivity contribution in [2.24, 2.45) is 7.05 Å². The van der Waals surface area contributed by atoms with Crippen LogP contribution in [-0.2, 0) is 19.8 Å². The molecule has 0 radical (unpaired) electrons. The molecule has 1 aromatic carbocycles. The second-order valence-electron chi connectivity index (χ2n) is 6.37. The van der Waals surface area contributed by atoms with Crippen LogP contribution in [0.3, 0.4) is 0 Å². The molecule has 0 fully saturated rings. The predicted molar refractivity (Wildman–Crippen MR) is 109 cm³/mol. The minimum Gasteiger partial charge on any atom is -0.303 e. The molecule has 0 bridgehead atoms. The topological polar surface area (TPSA) is 64.7 Å². The van der Waals surface area contributed by atoms with Crippen molar-refractivity contribution in [1.82, 2.24) is 19.6 Å². The summed E-state index contributed by atoms with van der Waals surface area (Å²) in [4.78, 5) is 12.9. The van der Waals surface area contributed by atoms with Crippen molar-refractivity contribution in [3.8, 4) is 0 Å². The number of carbonyl (C=O) groups excluding carboxylic acids is 1. The summed E-state index contributed by atoms with van der Waals surface area (Å²) in [5.74, 6) is -0.519. The molecule has 1 N–H and O–H groups in total. The van der Waals surface area contributed by atoms with Gasteiger partial charge in [-0.15, -0.1) is 11.3 Å². The predicted octanol–water partition coefficient (Wildman–Crippen LogP) is 5.46. The number of benzene rings is 1. The number of amides is 1. The van der Waals surface area contributed by atoms with Gasteiger partial charge in [-0.1, -0.05) is 41.4 Å². The summed E-state index contributed by atoms with van der Waals surface area (Å²) in [6, 6.07) is 8.38. The van der Waals surface area contributed by atoms with Crippen molar-refractivity contribution < 1.29 is 18.0 Å². The molecule has 12 heteroatoms. The van der Waals surface area contributed by atoms with Crippen LogP contribution >= 0.6 is 34.5 Å². The molecular formula is C18H12Cl2F3N5OS. The van der Waals surface area contributed by atoms with Crippen LogP contribution in [0.25, 0.3) is 10.2 Å². The number of aromatic nitrogens is 4. The Kier molecular flexibility index (Phi) is 5.25. The van der Waals surface area contributed by atoms with E-state index in [9.17, 15) is 18.0 Å². The molecular weight excluding hydrogens is 462 g/mol. The van der Waals surface area contributed by atoms with E-state index < -0.39 is 17.8 Å². The van der Waals surface area contributed by atoms with E-state index in [0.717, 1.165) is 21.6 Å². The van der Waals surface area contributed by atoms with Crippen LogP contribution in [0.15, 0.2) is 36.5 Å². The second-order valence-corrected chi connectivity index (χ2v) is 8.21. The van der Waals surface area contributed by atoms with Crippen LogP contribution in [0, 0.1) is 0 Å². The highest BCUT2D eigenvalue weighted by Gasteiger charge is 2.37. The monoisotopic (exact) mass is 473 g/mol. The standard InChI is InChI=1S/C18H12Cl2F3N5OS/c1-27-17-10(14(25-27)18(21,22)23)6-13(30-17)16(29)24-15-12(20)8-28(26-15)7-9-4-2-3-5-11(9)19/h2-6,8H,7H2,1H3,(H,24,26,29). The molecule has 0 saturated heterocycles. The number of fused-ring (bicyclic) bond motifs is 1. The number of hydrogen-bond donors (Lipinski definition) is 1. The second kappa shape index (κ2) is 7.60. The molecule has 0 spiro atoms. The molecule has 1 amide bonds. The maximum Gasteiger partial charge on any atom is 0.435 e. The molecule has 3 heterocycles. The van der Waals surface area contributed by atoms with Crippen LogP contribution in [-0.4, -0.2) is 25.5 Å². The van der Waals surface area contributed by atoms with Gasteiger partial charge in [-0.05, 0) is 17.7 Å². The number of nitrogens with one attached hydrogen (secondary N) is 1. The number of thiophene rings is 1. The Morgan fingerprint density at radius 3 is 2.63 bits per heavy atom. The molecule has 0 aliphatic carbocycles. The molecule has 4 rings (SSSR count). The zero-order chi connectivity index (χ0) is 21.6. The van der Waals surface area contributed by atoms with Gasteiger partial charge in [0.05, 0.1) is 11.4 Å². The SMILES string of the molecule is Cn1nc(C(F)(F)F)c2cc(C(=O)Nc3nn(Cc4ccccc4Cl)cc3Cl)sc21. The van der Waals surface area contributed by atoms with Gasteiger partial charge in [-0.2, -0.15) is 23.4 Å². The van der Waals surface area contributed by atoms with Gasteiger partial charge in [0.2, 0.25) is 0 Å². The Morgan fingerprint density at radius 1 is 1.20 bits per heavy atom. The Labute approximate surface area is 181 Å². The lowest BCUT2D eigenvalue weighted by molar-refractivity contribution is -0.140. The maximum atomic E-state index is 13.1. The Hall–Kier alpha value is -2.56. The van der Waals surface area contributed by atoms with Crippen LogP contribution in [0.5, 0.6) is 0 Å². The molecule has 3 aromatic heterocycles. The van der Waals surface area contributed by atoms with Crippen LogP contribution in [0.2, 0.25) is 10.0 Å². The lowest BCUT2D eigenvalue weighted by atomic mass is 10.2. The van der Waals surface area contributed by atoms with E-state index in [2.05, 4.69) is 15.5 Å². The van der Waals surface area contributed by atoms with Gasteiger partial charge in [0, 0.05) is 23.7 Å². The van der Waals surface area contributed by atoms with Crippen molar-refractivity contribution in [3.63, 3.8) is 0 Å². The quantitative estimate of drug-likeness (QED) is 0.428. The smallest absolute Gasteiger partial charge is 0.303 e. The summed E-state index contributed by atoms with van der Waals surface area (Å²) in [5, 5.41) is 10.9. The van der Waals surface area contributed by atoms with Crippen molar-refractivity contribution in [1.29, 1.82) is 0 Å². The Morgan fingerprint density at radius 2 is 1.93 bits per heavy atom. The first kappa shape index (κ1) is 20.7. The average molecular weight is 474 g/mol. The highest BCUT2D eigenvalue weighted by atomic mass is 35.5. The van der Waals surface area contributed by atoms with Crippen molar-refractivity contribution in [3.05, 3.63) is 62.7 Å². The van der Waals surface area contributed by atoms with Gasteiger partial charge >= 0.3 is 6.18 Å². The van der Waals surface area contributed by atoms with Gasteiger partial charge < -0.3 is 5.32 Å². The van der Waals surface area contributed by atoms with E-state index in [1.54, 1.807) is 12.1 Å². The van der Waals surface area contributed by atoms with Gasteiger partial charge in [-0.25, -0.2) is 0 Å². The molecule has 30 heavy (non-hydrogen) atoms. The van der Waals surface area contributed by atoms with E-state index in [0.29, 0.717) is 11.6 Å². The van der Waals surface area contributed by atoms with Crippen LogP contribution in [0.1, 0.15) is 20.9 Å². The highest BCUT2D eigenvalue weighted by molar-refractivity contribution is 7.20. The Balaban J connectivity index is 1.57. The van der Waals surface area contributed by atoms with E-state index in [4.69, 9.17) is 23.2 Å². The minimum atomic E-state index is -4.62. The first-order chi connectivity index (χ1) is 14.1. The zero-order valence-electron chi connectivity index (χ0n) is 15.2. The Bertz CT molecular complexity index is 1260. The summed E-state index contributed by atoms with van der Waals surface area (Å²) in [7, 11) is 1.39. The normalized spacial score (nSPS) is 11.9. The van der Waals surface area contributed by atoms with Crippen molar-refractivity contribution in [2.45, 2.75) is 12.7 Å². The molecule has 0 aliphatic rings. The number of hydrogen-bond acceptors (Lipinski definition) is 4. The third-order valence-corrected chi connectivity index (χ3v) is 6.09. The summed E-state index contributed by atoms with van der Waals surface area (Å²) in [6.45, 7) is 0.332. The maximum absolute atomic E-state index is 13.1. The fraction of sp³-hybridized carbons (Fsp3) is 0.167. The number of aryl methyl sites for hydroxylation is 1. The summed E-state index contributed by atoms with van der Waals surface area (Å²) >= 11 is 13.2. The number of anilines is 1. The molecule has 6 nitrogen and oxygen atoms in total. The van der Waals surface area contributed by atoms with E-state index in [1.165, 1.54) is 24.0 Å². The number of carbonyl (C=O) groups is 1. The number of alkyl halides is 3. The molecule has 0 saturated carbocycles. The zero-order valence-corrected chi connectivity index (χ0v) is 17.5. The average Bonchev–Trinajstić information content (AvgIpc) is 3.32. The van der Waals surface area contributed by atoms with Crippen LogP contribution in [0.4, 0.5) is 19.0 Å². The van der Waals surface area contributed by atoms with Gasteiger partial charge in [0.25, 0.3) is 5.91 Å². The van der Waals surface area contributed by atoms with E-state index >= 15 is 0 Å². The van der Waals surface area contributed by atoms with E-state index in [1.807, 2.05) is 12.1 Å². The van der Waals surface area contributed by atoms with Gasteiger partial charge in [-0.3, -0.25) is 14.2 Å². The molecule has 0 unspecified atom stereocenters. The van der Waals surface area contributed by atoms with Gasteiger partial charge in [0.1, 0.15) is 9.85 Å². The molecule has 4 aromatic rings. The largest absolute Gasteiger partial charge is 0.435 e. The first-order valence-corrected chi connectivity index (χ1v) is 10.0. The number of rotatable bonds is 4. The molecule has 0 aliphatic heterocycles. The number of nitrogens with zero attached hydrogens (tertiary/aromatic N) is 4. The molecule has 156 valence electrons. The summed E-state index contributed by atoms with van der Waals surface area (Å²) in [5.41, 5.74) is -0.217. The first-order valence-electron chi connectivity index (χ1n) is 8.45. The molecule has 0 atom stereocenters. The summed E-state index contributed by atoms with van der Waals surface area (Å²) < 4.78 is 42.0. The van der Waals surface area contributed by atoms with Crippen LogP contribution < -0.4 is 5.32 Å². The minimum absolute atomic E-state index is 0.0835. The van der Waals surface area contributed by atoms with Crippen molar-refractivity contribution in [2.75, 3.05) is 5.32 Å². The lowest BCUT2D eigenvalue weighted by Gasteiger charge is -2.04.